The lowest BCUT2D eigenvalue weighted by Gasteiger charge is -2.23. The van der Waals surface area contributed by atoms with E-state index in [9.17, 15) is 18.3 Å². The van der Waals surface area contributed by atoms with Crippen LogP contribution in [0.4, 0.5) is 18.9 Å². The van der Waals surface area contributed by atoms with Crippen LogP contribution < -0.4 is 5.32 Å². The Morgan fingerprint density at radius 3 is 2.50 bits per heavy atom. The summed E-state index contributed by atoms with van der Waals surface area (Å²) in [6, 6.07) is 1.72. The molecule has 1 fully saturated rings. The highest BCUT2D eigenvalue weighted by atomic mass is 19.2. The normalized spacial score (nSPS) is 24.7. The number of hydrogen-bond donors (Lipinski definition) is 2. The second kappa shape index (κ2) is 5.61. The summed E-state index contributed by atoms with van der Waals surface area (Å²) < 4.78 is 39.3. The molecule has 0 bridgehead atoms. The molecule has 100 valence electrons. The van der Waals surface area contributed by atoms with Gasteiger partial charge in [0, 0.05) is 0 Å². The van der Waals surface area contributed by atoms with E-state index in [1.807, 2.05) is 0 Å². The van der Waals surface area contributed by atoms with Gasteiger partial charge in [-0.3, -0.25) is 0 Å². The molecule has 1 saturated carbocycles. The molecule has 1 aliphatic rings. The predicted molar refractivity (Wildman–Crippen MR) is 62.8 cm³/mol. The predicted octanol–water partition coefficient (Wildman–Crippen LogP) is 3.21. The maximum absolute atomic E-state index is 13.5. The Bertz CT molecular complexity index is 425. The van der Waals surface area contributed by atoms with Crippen LogP contribution in [0, 0.1) is 17.5 Å². The molecule has 0 spiro atoms. The van der Waals surface area contributed by atoms with E-state index in [0.717, 1.165) is 31.4 Å². The molecule has 5 heteroatoms. The minimum atomic E-state index is -1.48. The van der Waals surface area contributed by atoms with Crippen LogP contribution in [0.15, 0.2) is 12.1 Å². The van der Waals surface area contributed by atoms with Gasteiger partial charge in [0.1, 0.15) is 0 Å². The van der Waals surface area contributed by atoms with Crippen molar-refractivity contribution < 1.29 is 18.3 Å². The SMILES string of the molecule is OC1CCCCCC1Nc1ccc(F)c(F)c1F. The van der Waals surface area contributed by atoms with E-state index >= 15 is 0 Å². The van der Waals surface area contributed by atoms with Crippen molar-refractivity contribution in [3.05, 3.63) is 29.6 Å². The minimum absolute atomic E-state index is 0.0974. The molecule has 2 N–H and O–H groups in total. The van der Waals surface area contributed by atoms with Crippen LogP contribution >= 0.6 is 0 Å². The number of benzene rings is 1. The second-order valence-corrected chi connectivity index (χ2v) is 4.68. The molecule has 0 amide bonds. The van der Waals surface area contributed by atoms with Crippen molar-refractivity contribution >= 4 is 5.69 Å². The van der Waals surface area contributed by atoms with Crippen LogP contribution in [0.2, 0.25) is 0 Å². The van der Waals surface area contributed by atoms with Gasteiger partial charge in [-0.2, -0.15) is 0 Å². The van der Waals surface area contributed by atoms with Crippen molar-refractivity contribution in [3.63, 3.8) is 0 Å². The molecule has 1 aliphatic carbocycles. The first-order valence-electron chi connectivity index (χ1n) is 6.17. The number of aliphatic hydroxyl groups excluding tert-OH is 1. The topological polar surface area (TPSA) is 32.3 Å². The van der Waals surface area contributed by atoms with Gasteiger partial charge in [0.05, 0.1) is 17.8 Å². The summed E-state index contributed by atoms with van der Waals surface area (Å²) in [6.07, 6.45) is 3.64. The van der Waals surface area contributed by atoms with Crippen molar-refractivity contribution in [1.29, 1.82) is 0 Å². The summed E-state index contributed by atoms with van der Waals surface area (Å²) in [6.45, 7) is 0. The van der Waals surface area contributed by atoms with Crippen molar-refractivity contribution in [2.45, 2.75) is 44.2 Å². The standard InChI is InChI=1S/C13H16F3NO/c14-8-6-7-10(13(16)12(8)15)17-9-4-2-1-3-5-11(9)18/h6-7,9,11,17-18H,1-5H2. The zero-order valence-corrected chi connectivity index (χ0v) is 9.93. The Hall–Kier alpha value is -1.23. The lowest BCUT2D eigenvalue weighted by atomic mass is 10.1. The van der Waals surface area contributed by atoms with Crippen molar-refractivity contribution in [1.82, 2.24) is 0 Å². The third kappa shape index (κ3) is 2.77. The lowest BCUT2D eigenvalue weighted by molar-refractivity contribution is 0.144. The molecule has 0 heterocycles. The van der Waals surface area contributed by atoms with Gasteiger partial charge in [-0.05, 0) is 25.0 Å². The van der Waals surface area contributed by atoms with E-state index in [2.05, 4.69) is 5.32 Å². The van der Waals surface area contributed by atoms with E-state index in [1.54, 1.807) is 0 Å². The zero-order chi connectivity index (χ0) is 13.1. The first-order valence-corrected chi connectivity index (χ1v) is 6.17. The van der Waals surface area contributed by atoms with Gasteiger partial charge in [0.15, 0.2) is 17.5 Å². The fourth-order valence-electron chi connectivity index (χ4n) is 2.29. The van der Waals surface area contributed by atoms with Gasteiger partial charge in [-0.1, -0.05) is 19.3 Å². The van der Waals surface area contributed by atoms with Crippen molar-refractivity contribution in [2.24, 2.45) is 0 Å². The Labute approximate surface area is 104 Å². The summed E-state index contributed by atoms with van der Waals surface area (Å²) in [7, 11) is 0. The molecule has 2 atom stereocenters. The van der Waals surface area contributed by atoms with Crippen LogP contribution in [-0.2, 0) is 0 Å². The van der Waals surface area contributed by atoms with Crippen molar-refractivity contribution in [2.75, 3.05) is 5.32 Å². The average Bonchev–Trinajstić information content (AvgIpc) is 2.56. The van der Waals surface area contributed by atoms with E-state index in [1.165, 1.54) is 0 Å². The van der Waals surface area contributed by atoms with E-state index < -0.39 is 23.6 Å². The van der Waals surface area contributed by atoms with Gasteiger partial charge in [0.25, 0.3) is 0 Å². The van der Waals surface area contributed by atoms with Crippen LogP contribution in [0.3, 0.4) is 0 Å². The molecular weight excluding hydrogens is 243 g/mol. The maximum atomic E-state index is 13.5. The monoisotopic (exact) mass is 259 g/mol. The number of hydrogen-bond acceptors (Lipinski definition) is 2. The van der Waals surface area contributed by atoms with Gasteiger partial charge >= 0.3 is 0 Å². The fourth-order valence-corrected chi connectivity index (χ4v) is 2.29. The average molecular weight is 259 g/mol. The summed E-state index contributed by atoms with van der Waals surface area (Å²) in [5.41, 5.74) is -0.0974. The van der Waals surface area contributed by atoms with Crippen LogP contribution in [0.25, 0.3) is 0 Å². The molecule has 2 unspecified atom stereocenters. The Kier molecular flexibility index (Phi) is 4.11. The second-order valence-electron chi connectivity index (χ2n) is 4.68. The molecule has 2 nitrogen and oxygen atoms in total. The highest BCUT2D eigenvalue weighted by Gasteiger charge is 2.23. The molecule has 0 aliphatic heterocycles. The van der Waals surface area contributed by atoms with Gasteiger partial charge in [-0.15, -0.1) is 0 Å². The molecule has 1 aromatic carbocycles. The molecule has 0 aromatic heterocycles. The highest BCUT2D eigenvalue weighted by molar-refractivity contribution is 5.46. The van der Waals surface area contributed by atoms with E-state index in [4.69, 9.17) is 0 Å². The van der Waals surface area contributed by atoms with Crippen LogP contribution in [0.1, 0.15) is 32.1 Å². The largest absolute Gasteiger partial charge is 0.391 e. The summed E-state index contributed by atoms with van der Waals surface area (Å²) in [5.74, 6) is -3.92. The van der Waals surface area contributed by atoms with Gasteiger partial charge in [0.2, 0.25) is 0 Å². The first kappa shape index (κ1) is 13.2. The number of anilines is 1. The zero-order valence-electron chi connectivity index (χ0n) is 9.93. The molecule has 2 rings (SSSR count). The summed E-state index contributed by atoms with van der Waals surface area (Å²) in [4.78, 5) is 0. The van der Waals surface area contributed by atoms with E-state index in [0.29, 0.717) is 12.8 Å². The smallest absolute Gasteiger partial charge is 0.196 e. The minimum Gasteiger partial charge on any atom is -0.391 e. The van der Waals surface area contributed by atoms with Gasteiger partial charge in [-0.25, -0.2) is 13.2 Å². The first-order chi connectivity index (χ1) is 8.59. The molecule has 1 aromatic rings. The molecule has 18 heavy (non-hydrogen) atoms. The number of halogens is 3. The molecular formula is C13H16F3NO. The molecule has 0 saturated heterocycles. The number of nitrogens with one attached hydrogen (secondary N) is 1. The number of rotatable bonds is 2. The Morgan fingerprint density at radius 1 is 1.00 bits per heavy atom. The quantitative estimate of drug-likeness (QED) is 0.631. The molecule has 0 radical (unpaired) electrons. The highest BCUT2D eigenvalue weighted by Crippen LogP contribution is 2.25. The fraction of sp³-hybridized carbons (Fsp3) is 0.538. The third-order valence-corrected chi connectivity index (χ3v) is 3.36. The summed E-state index contributed by atoms with van der Waals surface area (Å²) in [5, 5.41) is 12.6. The Balaban J connectivity index is 2.15. The van der Waals surface area contributed by atoms with E-state index in [-0.39, 0.29) is 11.7 Å². The van der Waals surface area contributed by atoms with Crippen molar-refractivity contribution in [3.8, 4) is 0 Å². The van der Waals surface area contributed by atoms with Crippen LogP contribution in [-0.4, -0.2) is 17.3 Å². The number of aliphatic hydroxyl groups is 1. The summed E-state index contributed by atoms with van der Waals surface area (Å²) >= 11 is 0. The Morgan fingerprint density at radius 2 is 1.72 bits per heavy atom. The van der Waals surface area contributed by atoms with Crippen LogP contribution in [0.5, 0.6) is 0 Å². The van der Waals surface area contributed by atoms with Gasteiger partial charge < -0.3 is 10.4 Å². The maximum Gasteiger partial charge on any atom is 0.196 e. The lowest BCUT2D eigenvalue weighted by Crippen LogP contribution is -2.32. The third-order valence-electron chi connectivity index (χ3n) is 3.36.